The topological polar surface area (TPSA) is 75.2 Å². The second-order valence-electron chi connectivity index (χ2n) is 9.11. The average molecular weight is 502 g/mol. The molecule has 0 aliphatic rings. The molecule has 0 fully saturated rings. The molecule has 1 amide bonds. The van der Waals surface area contributed by atoms with Gasteiger partial charge in [0.1, 0.15) is 5.56 Å². The summed E-state index contributed by atoms with van der Waals surface area (Å²) in [7, 11) is 0. The number of carbonyl (C=O) groups excluding carboxylic acids is 2. The maximum Gasteiger partial charge on any atom is 0.416 e. The first-order valence-corrected chi connectivity index (χ1v) is 11.9. The van der Waals surface area contributed by atoms with Crippen LogP contribution in [0.1, 0.15) is 77.1 Å². The van der Waals surface area contributed by atoms with Crippen molar-refractivity contribution in [2.24, 2.45) is 0 Å². The maximum absolute atomic E-state index is 13.4. The first-order chi connectivity index (χ1) is 16.9. The Kier molecular flexibility index (Phi) is 8.22. The number of alkyl halides is 3. The van der Waals surface area contributed by atoms with E-state index in [0.29, 0.717) is 24.2 Å². The minimum Gasteiger partial charge on any atom is -0.331 e. The highest BCUT2D eigenvalue weighted by atomic mass is 19.4. The van der Waals surface area contributed by atoms with E-state index in [9.17, 15) is 27.6 Å². The molecule has 6 nitrogen and oxygen atoms in total. The zero-order chi connectivity index (χ0) is 26.6. The van der Waals surface area contributed by atoms with Gasteiger partial charge in [0.2, 0.25) is 0 Å². The van der Waals surface area contributed by atoms with Gasteiger partial charge in [0.25, 0.3) is 11.5 Å². The predicted octanol–water partition coefficient (Wildman–Crippen LogP) is 5.74. The molecule has 0 spiro atoms. The molecule has 1 aromatic heterocycles. The molecule has 0 unspecified atom stereocenters. The van der Waals surface area contributed by atoms with Crippen LogP contribution in [0.4, 0.5) is 13.2 Å². The van der Waals surface area contributed by atoms with Crippen LogP contribution in [0, 0.1) is 6.92 Å². The molecule has 0 radical (unpaired) electrons. The van der Waals surface area contributed by atoms with Gasteiger partial charge in [-0.2, -0.15) is 13.2 Å². The van der Waals surface area contributed by atoms with Crippen molar-refractivity contribution >= 4 is 11.7 Å². The highest BCUT2D eigenvalue weighted by Gasteiger charge is 2.32. The zero-order valence-corrected chi connectivity index (χ0v) is 20.8. The van der Waals surface area contributed by atoms with Crippen LogP contribution in [0.25, 0.3) is 5.69 Å². The van der Waals surface area contributed by atoms with Crippen LogP contribution < -0.4 is 5.56 Å². The minimum atomic E-state index is -4.60. The average Bonchev–Trinajstić information content (AvgIpc) is 3.18. The number of aryl methyl sites for hydroxylation is 1. The molecule has 0 aliphatic heterocycles. The Hall–Kier alpha value is -3.62. The van der Waals surface area contributed by atoms with Crippen molar-refractivity contribution in [2.75, 3.05) is 13.1 Å². The Bertz CT molecular complexity index is 1290. The Balaban J connectivity index is 1.97. The normalized spacial score (nSPS) is 11.7. The van der Waals surface area contributed by atoms with Crippen LogP contribution >= 0.6 is 0 Å². The van der Waals surface area contributed by atoms with Gasteiger partial charge in [0.05, 0.1) is 23.5 Å². The van der Waals surface area contributed by atoms with Gasteiger partial charge in [-0.3, -0.25) is 19.5 Å². The summed E-state index contributed by atoms with van der Waals surface area (Å²) in [5, 5.41) is 3.02. The smallest absolute Gasteiger partial charge is 0.331 e. The van der Waals surface area contributed by atoms with Crippen LogP contribution in [-0.4, -0.2) is 39.5 Å². The van der Waals surface area contributed by atoms with Gasteiger partial charge in [-0.25, -0.2) is 4.68 Å². The van der Waals surface area contributed by atoms with Crippen molar-refractivity contribution in [3.63, 3.8) is 0 Å². The monoisotopic (exact) mass is 501 g/mol. The number of nitrogens with one attached hydrogen (secondary N) is 1. The molecular formula is C27H30F3N3O3. The first kappa shape index (κ1) is 27.0. The molecule has 1 heterocycles. The summed E-state index contributed by atoms with van der Waals surface area (Å²) in [5.41, 5.74) is 0.326. The van der Waals surface area contributed by atoms with Crippen LogP contribution in [0.15, 0.2) is 53.3 Å². The van der Waals surface area contributed by atoms with E-state index >= 15 is 0 Å². The lowest BCUT2D eigenvalue weighted by Gasteiger charge is -2.22. The molecular weight excluding hydrogens is 471 g/mol. The van der Waals surface area contributed by atoms with Crippen molar-refractivity contribution in [3.8, 4) is 5.69 Å². The second-order valence-corrected chi connectivity index (χ2v) is 9.11. The summed E-state index contributed by atoms with van der Waals surface area (Å²) in [6.45, 7) is 7.25. The van der Waals surface area contributed by atoms with E-state index in [1.165, 1.54) is 21.7 Å². The van der Waals surface area contributed by atoms with Gasteiger partial charge in [-0.05, 0) is 49.6 Å². The number of hydrogen-bond acceptors (Lipinski definition) is 3. The molecule has 1 N–H and O–H groups in total. The van der Waals surface area contributed by atoms with Gasteiger partial charge in [0, 0.05) is 12.1 Å². The lowest BCUT2D eigenvalue weighted by Crippen LogP contribution is -2.38. The summed E-state index contributed by atoms with van der Waals surface area (Å²) >= 11 is 0. The quantitative estimate of drug-likeness (QED) is 0.380. The molecule has 0 aliphatic carbocycles. The van der Waals surface area contributed by atoms with Crippen LogP contribution in [0.5, 0.6) is 0 Å². The lowest BCUT2D eigenvalue weighted by atomic mass is 10.0. The number of hydrogen-bond donors (Lipinski definition) is 1. The Morgan fingerprint density at radius 3 is 2.33 bits per heavy atom. The predicted molar refractivity (Wildman–Crippen MR) is 132 cm³/mol. The highest BCUT2D eigenvalue weighted by Crippen LogP contribution is 2.30. The van der Waals surface area contributed by atoms with Gasteiger partial charge in [-0.15, -0.1) is 0 Å². The highest BCUT2D eigenvalue weighted by molar-refractivity contribution is 6.02. The van der Waals surface area contributed by atoms with E-state index in [4.69, 9.17) is 0 Å². The molecule has 2 aromatic carbocycles. The van der Waals surface area contributed by atoms with Gasteiger partial charge in [-0.1, -0.05) is 51.0 Å². The van der Waals surface area contributed by atoms with Gasteiger partial charge < -0.3 is 4.90 Å². The van der Waals surface area contributed by atoms with E-state index in [-0.39, 0.29) is 23.6 Å². The SMILES string of the molecule is CCCCN(CC(=O)c1c(C(C)C)[nH]n(-c2ccc(C)cc2)c1=O)C(=O)c1cccc(C(F)(F)F)c1. The number of rotatable bonds is 9. The number of unbranched alkanes of at least 4 members (excludes halogenated alkanes) is 1. The van der Waals surface area contributed by atoms with E-state index in [0.717, 1.165) is 17.7 Å². The Labute approximate surface area is 207 Å². The third-order valence-electron chi connectivity index (χ3n) is 5.91. The molecule has 3 aromatic rings. The number of ketones is 1. The number of nitrogens with zero attached hydrogens (tertiary/aromatic N) is 2. The third-order valence-corrected chi connectivity index (χ3v) is 5.91. The van der Waals surface area contributed by atoms with Crippen LogP contribution in [0.3, 0.4) is 0 Å². The number of Topliss-reactive ketones (excluding diaryl/α,β-unsaturated/α-hetero) is 1. The molecule has 9 heteroatoms. The third kappa shape index (κ3) is 5.95. The van der Waals surface area contributed by atoms with Gasteiger partial charge >= 0.3 is 6.18 Å². The van der Waals surface area contributed by atoms with Crippen LogP contribution in [-0.2, 0) is 6.18 Å². The summed E-state index contributed by atoms with van der Waals surface area (Å²) in [6.07, 6.45) is -3.34. The van der Waals surface area contributed by atoms with Crippen molar-refractivity contribution in [3.05, 3.63) is 86.8 Å². The molecule has 3 rings (SSSR count). The number of H-pyrrole nitrogens is 1. The van der Waals surface area contributed by atoms with E-state index in [2.05, 4.69) is 5.10 Å². The number of aromatic amines is 1. The number of benzene rings is 2. The van der Waals surface area contributed by atoms with E-state index in [1.807, 2.05) is 39.8 Å². The first-order valence-electron chi connectivity index (χ1n) is 11.9. The number of halogens is 3. The molecule has 192 valence electrons. The summed E-state index contributed by atoms with van der Waals surface area (Å²) < 4.78 is 40.8. The minimum absolute atomic E-state index is 0.0519. The Morgan fingerprint density at radius 2 is 1.75 bits per heavy atom. The molecule has 36 heavy (non-hydrogen) atoms. The number of carbonyl (C=O) groups is 2. The lowest BCUT2D eigenvalue weighted by molar-refractivity contribution is -0.137. The van der Waals surface area contributed by atoms with E-state index < -0.39 is 35.5 Å². The van der Waals surface area contributed by atoms with Crippen molar-refractivity contribution in [1.29, 1.82) is 0 Å². The Morgan fingerprint density at radius 1 is 1.08 bits per heavy atom. The molecule has 0 saturated heterocycles. The second kappa shape index (κ2) is 11.0. The summed E-state index contributed by atoms with van der Waals surface area (Å²) in [6, 6.07) is 11.3. The fourth-order valence-electron chi connectivity index (χ4n) is 3.88. The number of aromatic nitrogens is 2. The maximum atomic E-state index is 13.4. The fraction of sp³-hybridized carbons (Fsp3) is 0.370. The number of amides is 1. The zero-order valence-electron chi connectivity index (χ0n) is 20.8. The van der Waals surface area contributed by atoms with Gasteiger partial charge in [0.15, 0.2) is 5.78 Å². The summed E-state index contributed by atoms with van der Waals surface area (Å²) in [4.78, 5) is 41.1. The van der Waals surface area contributed by atoms with E-state index in [1.54, 1.807) is 12.1 Å². The van der Waals surface area contributed by atoms with Crippen molar-refractivity contribution in [1.82, 2.24) is 14.7 Å². The molecule has 0 atom stereocenters. The largest absolute Gasteiger partial charge is 0.416 e. The fourth-order valence-corrected chi connectivity index (χ4v) is 3.88. The molecule has 0 saturated carbocycles. The summed E-state index contributed by atoms with van der Waals surface area (Å²) in [5.74, 6) is -1.45. The van der Waals surface area contributed by atoms with Crippen molar-refractivity contribution in [2.45, 2.75) is 52.6 Å². The van der Waals surface area contributed by atoms with Crippen LogP contribution in [0.2, 0.25) is 0 Å². The van der Waals surface area contributed by atoms with Crippen molar-refractivity contribution < 1.29 is 22.8 Å². The molecule has 0 bridgehead atoms. The standard InChI is InChI=1S/C27H30F3N3O3/c1-5-6-14-32(25(35)19-8-7-9-20(15-19)27(28,29)30)16-22(34)23-24(17(2)3)31-33(26(23)36)21-12-10-18(4)11-13-21/h7-13,15,17,31H,5-6,14,16H2,1-4H3.